The third-order valence-electron chi connectivity index (χ3n) is 3.75. The molecular weight excluding hydrogens is 246 g/mol. The third kappa shape index (κ3) is 3.02. The highest BCUT2D eigenvalue weighted by molar-refractivity contribution is 5.41. The average molecular weight is 269 g/mol. The van der Waals surface area contributed by atoms with Crippen LogP contribution < -0.4 is 10.1 Å². The quantitative estimate of drug-likeness (QED) is 0.889. The molecule has 0 amide bonds. The highest BCUT2D eigenvalue weighted by atomic mass is 16.5. The molecule has 20 heavy (non-hydrogen) atoms. The number of nitrogens with one attached hydrogen (secondary N) is 1. The Balaban J connectivity index is 2.41. The predicted molar refractivity (Wildman–Crippen MR) is 84.5 cm³/mol. The number of hydrogen-bond acceptors (Lipinski definition) is 2. The van der Waals surface area contributed by atoms with Crippen molar-refractivity contribution in [3.63, 3.8) is 0 Å². The van der Waals surface area contributed by atoms with Crippen LogP contribution in [0, 0.1) is 6.92 Å². The van der Waals surface area contributed by atoms with Crippen LogP contribution in [0.15, 0.2) is 42.5 Å². The first-order chi connectivity index (χ1) is 9.69. The Bertz CT molecular complexity index is 577. The van der Waals surface area contributed by atoms with E-state index in [4.69, 9.17) is 4.74 Å². The first kappa shape index (κ1) is 14.6. The van der Waals surface area contributed by atoms with Crippen LogP contribution in [0.3, 0.4) is 0 Å². The van der Waals surface area contributed by atoms with Gasteiger partial charge in [0.2, 0.25) is 0 Å². The molecule has 0 heterocycles. The second-order valence-corrected chi connectivity index (χ2v) is 5.05. The Labute approximate surface area is 121 Å². The molecule has 0 aliphatic carbocycles. The Hall–Kier alpha value is -1.80. The van der Waals surface area contributed by atoms with Gasteiger partial charge in [0.15, 0.2) is 0 Å². The van der Waals surface area contributed by atoms with Gasteiger partial charge in [-0.2, -0.15) is 0 Å². The lowest BCUT2D eigenvalue weighted by molar-refractivity contribution is 0.410. The largest absolute Gasteiger partial charge is 0.496 e. The van der Waals surface area contributed by atoms with Crippen molar-refractivity contribution < 1.29 is 4.74 Å². The normalized spacial score (nSPS) is 12.2. The molecule has 1 N–H and O–H groups in total. The maximum Gasteiger partial charge on any atom is 0.122 e. The van der Waals surface area contributed by atoms with E-state index in [1.54, 1.807) is 7.11 Å². The maximum absolute atomic E-state index is 5.43. The van der Waals surface area contributed by atoms with E-state index in [2.05, 4.69) is 61.6 Å². The lowest BCUT2D eigenvalue weighted by atomic mass is 9.95. The van der Waals surface area contributed by atoms with Crippen LogP contribution in [-0.4, -0.2) is 14.2 Å². The summed E-state index contributed by atoms with van der Waals surface area (Å²) in [7, 11) is 3.72. The molecule has 0 aliphatic rings. The van der Waals surface area contributed by atoms with Crippen molar-refractivity contribution in [2.24, 2.45) is 0 Å². The number of rotatable bonds is 5. The Morgan fingerprint density at radius 1 is 1.10 bits per heavy atom. The summed E-state index contributed by atoms with van der Waals surface area (Å²) in [5.74, 6) is 0.939. The molecule has 2 aromatic carbocycles. The summed E-state index contributed by atoms with van der Waals surface area (Å²) in [6, 6.07) is 15.3. The van der Waals surface area contributed by atoms with Gasteiger partial charge in [0.25, 0.3) is 0 Å². The zero-order valence-corrected chi connectivity index (χ0v) is 12.7. The second kappa shape index (κ2) is 6.58. The summed E-state index contributed by atoms with van der Waals surface area (Å²) in [5.41, 5.74) is 5.04. The fourth-order valence-corrected chi connectivity index (χ4v) is 2.53. The van der Waals surface area contributed by atoms with Gasteiger partial charge in [0.1, 0.15) is 5.75 Å². The highest BCUT2D eigenvalue weighted by Crippen LogP contribution is 2.27. The maximum atomic E-state index is 5.43. The Kier molecular flexibility index (Phi) is 4.80. The van der Waals surface area contributed by atoms with Gasteiger partial charge in [-0.3, -0.25) is 0 Å². The van der Waals surface area contributed by atoms with E-state index in [9.17, 15) is 0 Å². The van der Waals surface area contributed by atoms with Crippen LogP contribution in [0.2, 0.25) is 0 Å². The van der Waals surface area contributed by atoms with E-state index in [0.717, 1.165) is 17.7 Å². The van der Waals surface area contributed by atoms with E-state index in [0.29, 0.717) is 0 Å². The number of ether oxygens (including phenoxy) is 1. The topological polar surface area (TPSA) is 21.3 Å². The van der Waals surface area contributed by atoms with Crippen molar-refractivity contribution in [1.29, 1.82) is 0 Å². The van der Waals surface area contributed by atoms with Crippen LogP contribution in [0.25, 0.3) is 0 Å². The number of methoxy groups -OCH3 is 1. The highest BCUT2D eigenvalue weighted by Gasteiger charge is 2.13. The number of benzene rings is 2. The van der Waals surface area contributed by atoms with Gasteiger partial charge >= 0.3 is 0 Å². The van der Waals surface area contributed by atoms with Crippen LogP contribution in [0.4, 0.5) is 0 Å². The zero-order chi connectivity index (χ0) is 14.5. The summed E-state index contributed by atoms with van der Waals surface area (Å²) in [4.78, 5) is 0. The average Bonchev–Trinajstić information content (AvgIpc) is 2.50. The van der Waals surface area contributed by atoms with Gasteiger partial charge in [-0.25, -0.2) is 0 Å². The van der Waals surface area contributed by atoms with Crippen molar-refractivity contribution in [2.75, 3.05) is 14.2 Å². The summed E-state index contributed by atoms with van der Waals surface area (Å²) >= 11 is 0. The molecule has 0 bridgehead atoms. The van der Waals surface area contributed by atoms with Gasteiger partial charge in [0, 0.05) is 0 Å². The van der Waals surface area contributed by atoms with E-state index in [1.165, 1.54) is 16.7 Å². The third-order valence-corrected chi connectivity index (χ3v) is 3.75. The van der Waals surface area contributed by atoms with Gasteiger partial charge in [-0.05, 0) is 48.7 Å². The van der Waals surface area contributed by atoms with Crippen molar-refractivity contribution in [2.45, 2.75) is 26.3 Å². The number of hydrogen-bond donors (Lipinski definition) is 1. The zero-order valence-electron chi connectivity index (χ0n) is 12.7. The van der Waals surface area contributed by atoms with Gasteiger partial charge in [0.05, 0.1) is 13.2 Å². The molecule has 0 saturated heterocycles. The standard InChI is InChI=1S/C18H23NO/c1-5-14-7-6-8-15(11-14)18(19-3)16-10-9-13(2)17(12-16)20-4/h6-12,18-19H,5H2,1-4H3. The molecule has 0 radical (unpaired) electrons. The summed E-state index contributed by atoms with van der Waals surface area (Å²) < 4.78 is 5.43. The molecule has 1 atom stereocenters. The summed E-state index contributed by atoms with van der Waals surface area (Å²) in [6.07, 6.45) is 1.06. The van der Waals surface area contributed by atoms with Crippen molar-refractivity contribution >= 4 is 0 Å². The van der Waals surface area contributed by atoms with Crippen molar-refractivity contribution in [3.8, 4) is 5.75 Å². The lowest BCUT2D eigenvalue weighted by Gasteiger charge is -2.19. The molecular formula is C18H23NO. The van der Waals surface area contributed by atoms with Crippen molar-refractivity contribution in [3.05, 3.63) is 64.7 Å². The van der Waals surface area contributed by atoms with Crippen LogP contribution in [0.1, 0.15) is 35.2 Å². The molecule has 1 unspecified atom stereocenters. The van der Waals surface area contributed by atoms with E-state index < -0.39 is 0 Å². The Morgan fingerprint density at radius 2 is 1.85 bits per heavy atom. The monoisotopic (exact) mass is 269 g/mol. The summed E-state index contributed by atoms with van der Waals surface area (Å²) in [5, 5.41) is 3.40. The molecule has 2 rings (SSSR count). The predicted octanol–water partition coefficient (Wildman–Crippen LogP) is 3.87. The van der Waals surface area contributed by atoms with Crippen LogP contribution >= 0.6 is 0 Å². The second-order valence-electron chi connectivity index (χ2n) is 5.05. The van der Waals surface area contributed by atoms with Gasteiger partial charge < -0.3 is 10.1 Å². The van der Waals surface area contributed by atoms with Crippen LogP contribution in [0.5, 0.6) is 5.75 Å². The molecule has 0 spiro atoms. The molecule has 2 aromatic rings. The minimum atomic E-state index is 0.191. The first-order valence-electron chi connectivity index (χ1n) is 7.10. The fraction of sp³-hybridized carbons (Fsp3) is 0.333. The fourth-order valence-electron chi connectivity index (χ4n) is 2.53. The Morgan fingerprint density at radius 3 is 2.50 bits per heavy atom. The van der Waals surface area contributed by atoms with Gasteiger partial charge in [-0.1, -0.05) is 43.3 Å². The van der Waals surface area contributed by atoms with E-state index in [-0.39, 0.29) is 6.04 Å². The molecule has 2 heteroatoms. The molecule has 0 fully saturated rings. The number of aryl methyl sites for hydroxylation is 2. The van der Waals surface area contributed by atoms with Crippen LogP contribution in [-0.2, 0) is 6.42 Å². The molecule has 106 valence electrons. The molecule has 0 aromatic heterocycles. The smallest absolute Gasteiger partial charge is 0.122 e. The lowest BCUT2D eigenvalue weighted by Crippen LogP contribution is -2.18. The molecule has 0 saturated carbocycles. The minimum absolute atomic E-state index is 0.191. The van der Waals surface area contributed by atoms with Crippen molar-refractivity contribution in [1.82, 2.24) is 5.32 Å². The summed E-state index contributed by atoms with van der Waals surface area (Å²) in [6.45, 7) is 4.25. The molecule has 2 nitrogen and oxygen atoms in total. The minimum Gasteiger partial charge on any atom is -0.496 e. The van der Waals surface area contributed by atoms with E-state index >= 15 is 0 Å². The van der Waals surface area contributed by atoms with Gasteiger partial charge in [-0.15, -0.1) is 0 Å². The molecule has 0 aliphatic heterocycles. The first-order valence-corrected chi connectivity index (χ1v) is 7.10. The SMILES string of the molecule is CCc1cccc(C(NC)c2ccc(C)c(OC)c2)c1. The van der Waals surface area contributed by atoms with E-state index in [1.807, 2.05) is 7.05 Å².